The van der Waals surface area contributed by atoms with E-state index in [-0.39, 0.29) is 6.10 Å². The van der Waals surface area contributed by atoms with Gasteiger partial charge in [0.15, 0.2) is 0 Å². The standard InChI is InChI=1S/C11H22O2/c1-9(2)11(12)6-5-10(3)7-8-13-4/h10-12H,1,5-8H2,2-4H3. The van der Waals surface area contributed by atoms with Crippen molar-refractivity contribution in [1.82, 2.24) is 0 Å². The molecule has 0 aliphatic rings. The number of methoxy groups -OCH3 is 1. The van der Waals surface area contributed by atoms with Crippen LogP contribution in [0.25, 0.3) is 0 Å². The molecule has 0 saturated carbocycles. The molecule has 0 aromatic heterocycles. The zero-order valence-corrected chi connectivity index (χ0v) is 9.05. The second kappa shape index (κ2) is 7.10. The van der Waals surface area contributed by atoms with E-state index in [2.05, 4.69) is 13.5 Å². The van der Waals surface area contributed by atoms with E-state index < -0.39 is 0 Å². The molecular formula is C11H22O2. The van der Waals surface area contributed by atoms with Crippen LogP contribution in [0, 0.1) is 5.92 Å². The third-order valence-corrected chi connectivity index (χ3v) is 2.32. The summed E-state index contributed by atoms with van der Waals surface area (Å²) in [5.74, 6) is 0.619. The Labute approximate surface area is 81.6 Å². The fourth-order valence-corrected chi connectivity index (χ4v) is 1.15. The predicted octanol–water partition coefficient (Wildman–Crippen LogP) is 2.38. The van der Waals surface area contributed by atoms with E-state index in [1.54, 1.807) is 7.11 Å². The van der Waals surface area contributed by atoms with Crippen LogP contribution in [-0.2, 0) is 4.74 Å². The number of ether oxygens (including phenoxy) is 1. The van der Waals surface area contributed by atoms with Crippen molar-refractivity contribution in [2.75, 3.05) is 13.7 Å². The van der Waals surface area contributed by atoms with Gasteiger partial charge in [-0.05, 0) is 32.1 Å². The maximum absolute atomic E-state index is 9.47. The summed E-state index contributed by atoms with van der Waals surface area (Å²) in [5.41, 5.74) is 0.860. The van der Waals surface area contributed by atoms with Gasteiger partial charge in [0, 0.05) is 13.7 Å². The van der Waals surface area contributed by atoms with Crippen LogP contribution < -0.4 is 0 Å². The molecule has 0 bridgehead atoms. The highest BCUT2D eigenvalue weighted by Gasteiger charge is 2.07. The Hall–Kier alpha value is -0.340. The van der Waals surface area contributed by atoms with E-state index in [9.17, 15) is 5.11 Å². The van der Waals surface area contributed by atoms with Gasteiger partial charge in [0.2, 0.25) is 0 Å². The molecule has 2 unspecified atom stereocenters. The highest BCUT2D eigenvalue weighted by molar-refractivity contribution is 4.96. The van der Waals surface area contributed by atoms with Crippen molar-refractivity contribution in [3.63, 3.8) is 0 Å². The second-order valence-electron chi connectivity index (χ2n) is 3.83. The van der Waals surface area contributed by atoms with E-state index in [1.165, 1.54) is 0 Å². The molecule has 2 atom stereocenters. The third-order valence-electron chi connectivity index (χ3n) is 2.32. The van der Waals surface area contributed by atoms with Crippen LogP contribution in [-0.4, -0.2) is 24.9 Å². The molecule has 0 aliphatic carbocycles. The van der Waals surface area contributed by atoms with Crippen molar-refractivity contribution < 1.29 is 9.84 Å². The molecule has 0 rings (SSSR count). The summed E-state index contributed by atoms with van der Waals surface area (Å²) >= 11 is 0. The molecule has 13 heavy (non-hydrogen) atoms. The smallest absolute Gasteiger partial charge is 0.0744 e. The zero-order chi connectivity index (χ0) is 10.3. The monoisotopic (exact) mass is 186 g/mol. The van der Waals surface area contributed by atoms with Gasteiger partial charge in [-0.15, -0.1) is 0 Å². The minimum atomic E-state index is -0.329. The lowest BCUT2D eigenvalue weighted by atomic mass is 9.98. The van der Waals surface area contributed by atoms with Crippen molar-refractivity contribution in [2.45, 2.75) is 39.2 Å². The minimum absolute atomic E-state index is 0.329. The largest absolute Gasteiger partial charge is 0.389 e. The van der Waals surface area contributed by atoms with Crippen molar-refractivity contribution in [3.8, 4) is 0 Å². The van der Waals surface area contributed by atoms with Gasteiger partial charge >= 0.3 is 0 Å². The van der Waals surface area contributed by atoms with Crippen LogP contribution in [0.4, 0.5) is 0 Å². The minimum Gasteiger partial charge on any atom is -0.389 e. The molecule has 78 valence electrons. The Kier molecular flexibility index (Phi) is 6.92. The van der Waals surface area contributed by atoms with Crippen LogP contribution in [0.15, 0.2) is 12.2 Å². The SMILES string of the molecule is C=C(C)C(O)CCC(C)CCOC. The number of aliphatic hydroxyl groups excluding tert-OH is 1. The lowest BCUT2D eigenvalue weighted by molar-refractivity contribution is 0.163. The van der Waals surface area contributed by atoms with Crippen molar-refractivity contribution >= 4 is 0 Å². The number of aliphatic hydroxyl groups is 1. The molecule has 0 aromatic rings. The second-order valence-corrected chi connectivity index (χ2v) is 3.83. The van der Waals surface area contributed by atoms with Gasteiger partial charge in [-0.1, -0.05) is 19.1 Å². The summed E-state index contributed by atoms with van der Waals surface area (Å²) in [6.07, 6.45) is 2.60. The maximum atomic E-state index is 9.47. The lowest BCUT2D eigenvalue weighted by Crippen LogP contribution is -2.10. The fraction of sp³-hybridized carbons (Fsp3) is 0.818. The molecule has 0 aromatic carbocycles. The van der Waals surface area contributed by atoms with Crippen LogP contribution in [0.1, 0.15) is 33.1 Å². The van der Waals surface area contributed by atoms with Crippen LogP contribution in [0.3, 0.4) is 0 Å². The average molecular weight is 186 g/mol. The Bertz CT molecular complexity index is 143. The van der Waals surface area contributed by atoms with Gasteiger partial charge in [0.25, 0.3) is 0 Å². The first-order chi connectivity index (χ1) is 6.07. The molecule has 1 N–H and O–H groups in total. The fourth-order valence-electron chi connectivity index (χ4n) is 1.15. The number of hydrogen-bond donors (Lipinski definition) is 1. The Morgan fingerprint density at radius 3 is 2.46 bits per heavy atom. The van der Waals surface area contributed by atoms with E-state index in [0.29, 0.717) is 5.92 Å². The first kappa shape index (κ1) is 12.7. The van der Waals surface area contributed by atoms with Crippen molar-refractivity contribution in [1.29, 1.82) is 0 Å². The Morgan fingerprint density at radius 1 is 1.38 bits per heavy atom. The molecule has 2 nitrogen and oxygen atoms in total. The summed E-state index contributed by atoms with van der Waals surface area (Å²) in [5, 5.41) is 9.47. The Balaban J connectivity index is 3.45. The van der Waals surface area contributed by atoms with E-state index in [0.717, 1.165) is 31.4 Å². The Morgan fingerprint density at radius 2 is 2.00 bits per heavy atom. The molecule has 0 fully saturated rings. The molecule has 0 amide bonds. The maximum Gasteiger partial charge on any atom is 0.0744 e. The summed E-state index contributed by atoms with van der Waals surface area (Å²) in [4.78, 5) is 0. The number of rotatable bonds is 7. The predicted molar refractivity (Wildman–Crippen MR) is 55.7 cm³/mol. The van der Waals surface area contributed by atoms with Crippen LogP contribution in [0.2, 0.25) is 0 Å². The summed E-state index contributed by atoms with van der Waals surface area (Å²) < 4.78 is 4.99. The topological polar surface area (TPSA) is 29.5 Å². The van der Waals surface area contributed by atoms with Crippen LogP contribution in [0.5, 0.6) is 0 Å². The molecule has 0 aliphatic heterocycles. The third kappa shape index (κ3) is 6.79. The van der Waals surface area contributed by atoms with Gasteiger partial charge < -0.3 is 9.84 Å². The van der Waals surface area contributed by atoms with Crippen LogP contribution >= 0.6 is 0 Å². The van der Waals surface area contributed by atoms with Gasteiger partial charge in [0.1, 0.15) is 0 Å². The molecule has 0 spiro atoms. The summed E-state index contributed by atoms with van der Waals surface area (Å²) in [7, 11) is 1.72. The number of hydrogen-bond acceptors (Lipinski definition) is 2. The van der Waals surface area contributed by atoms with Gasteiger partial charge in [-0.25, -0.2) is 0 Å². The lowest BCUT2D eigenvalue weighted by Gasteiger charge is -2.14. The highest BCUT2D eigenvalue weighted by atomic mass is 16.5. The van der Waals surface area contributed by atoms with E-state index in [1.807, 2.05) is 6.92 Å². The molecule has 0 saturated heterocycles. The molecular weight excluding hydrogens is 164 g/mol. The van der Waals surface area contributed by atoms with Crippen molar-refractivity contribution in [2.24, 2.45) is 5.92 Å². The first-order valence-electron chi connectivity index (χ1n) is 4.90. The summed E-state index contributed by atoms with van der Waals surface area (Å²) in [6.45, 7) is 8.58. The molecule has 0 heterocycles. The quantitative estimate of drug-likeness (QED) is 0.618. The van der Waals surface area contributed by atoms with Gasteiger partial charge in [0.05, 0.1) is 6.10 Å². The summed E-state index contributed by atoms with van der Waals surface area (Å²) in [6, 6.07) is 0. The molecule has 0 radical (unpaired) electrons. The normalized spacial score (nSPS) is 15.4. The van der Waals surface area contributed by atoms with E-state index in [4.69, 9.17) is 4.74 Å². The van der Waals surface area contributed by atoms with Gasteiger partial charge in [-0.2, -0.15) is 0 Å². The van der Waals surface area contributed by atoms with E-state index >= 15 is 0 Å². The van der Waals surface area contributed by atoms with Crippen molar-refractivity contribution in [3.05, 3.63) is 12.2 Å². The average Bonchev–Trinajstić information content (AvgIpc) is 2.10. The highest BCUT2D eigenvalue weighted by Crippen LogP contribution is 2.14. The first-order valence-corrected chi connectivity index (χ1v) is 4.90. The zero-order valence-electron chi connectivity index (χ0n) is 9.05. The van der Waals surface area contributed by atoms with Gasteiger partial charge in [-0.3, -0.25) is 0 Å². The molecule has 2 heteroatoms.